The maximum atomic E-state index is 11.8. The first-order valence-electron chi connectivity index (χ1n) is 6.96. The average Bonchev–Trinajstić information content (AvgIpc) is 3.15. The molecule has 0 radical (unpaired) electrons. The molecule has 3 N–H and O–H groups in total. The summed E-state index contributed by atoms with van der Waals surface area (Å²) in [7, 11) is 0. The Morgan fingerprint density at radius 1 is 1.41 bits per heavy atom. The van der Waals surface area contributed by atoms with E-state index in [1.54, 1.807) is 11.4 Å². The van der Waals surface area contributed by atoms with Crippen LogP contribution in [0, 0.1) is 0 Å². The van der Waals surface area contributed by atoms with Crippen molar-refractivity contribution in [3.8, 4) is 0 Å². The number of carboxylic acid groups (broad SMARTS) is 1. The number of carboxylic acids is 1. The normalized spacial score (nSPS) is 20.5. The molecule has 1 atom stereocenters. The Labute approximate surface area is 131 Å². The SMILES string of the molecule is O=C(CCCNC(=O)c1ccsc1)NC1(C(=O)O)CCOC1. The summed E-state index contributed by atoms with van der Waals surface area (Å²) in [5.41, 5.74) is -0.709. The fourth-order valence-electron chi connectivity index (χ4n) is 2.16. The summed E-state index contributed by atoms with van der Waals surface area (Å²) in [5.74, 6) is -1.60. The van der Waals surface area contributed by atoms with Gasteiger partial charge in [0.1, 0.15) is 0 Å². The van der Waals surface area contributed by atoms with Crippen LogP contribution in [-0.2, 0) is 14.3 Å². The van der Waals surface area contributed by atoms with Gasteiger partial charge in [-0.1, -0.05) is 0 Å². The minimum Gasteiger partial charge on any atom is -0.479 e. The third-order valence-corrected chi connectivity index (χ3v) is 4.14. The lowest BCUT2D eigenvalue weighted by atomic mass is 9.98. The van der Waals surface area contributed by atoms with Gasteiger partial charge in [-0.25, -0.2) is 4.79 Å². The van der Waals surface area contributed by atoms with E-state index in [2.05, 4.69) is 10.6 Å². The second-order valence-electron chi connectivity index (χ2n) is 5.11. The lowest BCUT2D eigenvalue weighted by Gasteiger charge is -2.23. The van der Waals surface area contributed by atoms with E-state index in [0.717, 1.165) is 0 Å². The maximum Gasteiger partial charge on any atom is 0.331 e. The standard InChI is InChI=1S/C14H18N2O5S/c17-11(16-14(13(19)20)4-6-21-9-14)2-1-5-15-12(18)10-3-7-22-8-10/h3,7-8H,1-2,4-6,9H2,(H,15,18)(H,16,17)(H,19,20). The van der Waals surface area contributed by atoms with Gasteiger partial charge >= 0.3 is 5.97 Å². The van der Waals surface area contributed by atoms with Crippen molar-refractivity contribution < 1.29 is 24.2 Å². The van der Waals surface area contributed by atoms with Gasteiger partial charge in [0.15, 0.2) is 5.54 Å². The molecule has 1 aliphatic heterocycles. The number of carbonyl (C=O) groups is 3. The molecule has 2 rings (SSSR count). The van der Waals surface area contributed by atoms with E-state index in [-0.39, 0.29) is 31.3 Å². The number of hydrogen-bond acceptors (Lipinski definition) is 5. The van der Waals surface area contributed by atoms with Crippen LogP contribution in [0.1, 0.15) is 29.6 Å². The van der Waals surface area contributed by atoms with Crippen molar-refractivity contribution in [2.75, 3.05) is 19.8 Å². The number of amides is 2. The summed E-state index contributed by atoms with van der Waals surface area (Å²) in [6.07, 6.45) is 0.861. The van der Waals surface area contributed by atoms with E-state index >= 15 is 0 Å². The Morgan fingerprint density at radius 3 is 2.82 bits per heavy atom. The van der Waals surface area contributed by atoms with Crippen LogP contribution in [0.5, 0.6) is 0 Å². The van der Waals surface area contributed by atoms with Gasteiger partial charge in [0, 0.05) is 36.9 Å². The summed E-state index contributed by atoms with van der Waals surface area (Å²) >= 11 is 1.44. The largest absolute Gasteiger partial charge is 0.479 e. The Hall–Kier alpha value is -1.93. The van der Waals surface area contributed by atoms with Gasteiger partial charge in [-0.3, -0.25) is 9.59 Å². The first-order chi connectivity index (χ1) is 10.5. The summed E-state index contributed by atoms with van der Waals surface area (Å²) in [6, 6.07) is 1.73. The van der Waals surface area contributed by atoms with E-state index in [9.17, 15) is 19.5 Å². The van der Waals surface area contributed by atoms with Crippen molar-refractivity contribution in [2.45, 2.75) is 24.8 Å². The Bertz CT molecular complexity index is 537. The molecule has 0 spiro atoms. The lowest BCUT2D eigenvalue weighted by Crippen LogP contribution is -2.55. The molecule has 7 nitrogen and oxygen atoms in total. The number of hydrogen-bond donors (Lipinski definition) is 3. The number of rotatable bonds is 7. The molecular formula is C14H18N2O5S. The Balaban J connectivity index is 1.69. The van der Waals surface area contributed by atoms with Crippen molar-refractivity contribution in [1.82, 2.24) is 10.6 Å². The lowest BCUT2D eigenvalue weighted by molar-refractivity contribution is -0.147. The molecule has 0 aliphatic carbocycles. The number of aliphatic carboxylic acids is 1. The highest BCUT2D eigenvalue weighted by Crippen LogP contribution is 2.19. The van der Waals surface area contributed by atoms with E-state index in [0.29, 0.717) is 25.1 Å². The average molecular weight is 326 g/mol. The Kier molecular flexibility index (Phi) is 5.51. The predicted octanol–water partition coefficient (Wildman–Crippen LogP) is 0.618. The van der Waals surface area contributed by atoms with E-state index < -0.39 is 11.5 Å². The van der Waals surface area contributed by atoms with Gasteiger partial charge in [-0.2, -0.15) is 11.3 Å². The molecule has 120 valence electrons. The van der Waals surface area contributed by atoms with Crippen LogP contribution in [0.4, 0.5) is 0 Å². The van der Waals surface area contributed by atoms with Crippen molar-refractivity contribution in [2.24, 2.45) is 0 Å². The summed E-state index contributed by atoms with van der Waals surface area (Å²) in [6.45, 7) is 0.672. The molecule has 2 amide bonds. The zero-order valence-corrected chi connectivity index (χ0v) is 12.8. The van der Waals surface area contributed by atoms with Crippen LogP contribution >= 0.6 is 11.3 Å². The van der Waals surface area contributed by atoms with Gasteiger partial charge in [0.25, 0.3) is 5.91 Å². The molecule has 1 saturated heterocycles. The van der Waals surface area contributed by atoms with Crippen molar-refractivity contribution >= 4 is 29.1 Å². The van der Waals surface area contributed by atoms with Gasteiger partial charge in [-0.05, 0) is 17.9 Å². The van der Waals surface area contributed by atoms with Crippen LogP contribution < -0.4 is 10.6 Å². The minimum atomic E-state index is -1.31. The number of ether oxygens (including phenoxy) is 1. The molecule has 1 fully saturated rings. The molecule has 2 heterocycles. The molecule has 1 aliphatic rings. The summed E-state index contributed by atoms with van der Waals surface area (Å²) in [4.78, 5) is 34.8. The number of thiophene rings is 1. The van der Waals surface area contributed by atoms with Gasteiger partial charge in [-0.15, -0.1) is 0 Å². The molecule has 0 aromatic carbocycles. The van der Waals surface area contributed by atoms with Crippen LogP contribution in [0.15, 0.2) is 16.8 Å². The third-order valence-electron chi connectivity index (χ3n) is 3.46. The van der Waals surface area contributed by atoms with Crippen molar-refractivity contribution in [3.05, 3.63) is 22.4 Å². The maximum absolute atomic E-state index is 11.8. The quantitative estimate of drug-likeness (QED) is 0.637. The number of carbonyl (C=O) groups excluding carboxylic acids is 2. The minimum absolute atomic E-state index is 0.0109. The summed E-state index contributed by atoms with van der Waals surface area (Å²) in [5, 5.41) is 18.0. The van der Waals surface area contributed by atoms with Crippen molar-refractivity contribution in [1.29, 1.82) is 0 Å². The predicted molar refractivity (Wildman–Crippen MR) is 79.8 cm³/mol. The highest BCUT2D eigenvalue weighted by molar-refractivity contribution is 7.08. The van der Waals surface area contributed by atoms with Crippen LogP contribution in [0.3, 0.4) is 0 Å². The van der Waals surface area contributed by atoms with Gasteiger partial charge in [0.2, 0.25) is 5.91 Å². The van der Waals surface area contributed by atoms with Crippen LogP contribution in [-0.4, -0.2) is 48.2 Å². The molecule has 22 heavy (non-hydrogen) atoms. The molecule has 1 aromatic heterocycles. The van der Waals surface area contributed by atoms with E-state index in [1.165, 1.54) is 11.3 Å². The fraction of sp³-hybridized carbons (Fsp3) is 0.500. The first-order valence-corrected chi connectivity index (χ1v) is 7.90. The second kappa shape index (κ2) is 7.37. The molecule has 1 unspecified atom stereocenters. The molecule has 0 bridgehead atoms. The van der Waals surface area contributed by atoms with Crippen molar-refractivity contribution in [3.63, 3.8) is 0 Å². The van der Waals surface area contributed by atoms with E-state index in [4.69, 9.17) is 4.74 Å². The monoisotopic (exact) mass is 326 g/mol. The molecule has 1 aromatic rings. The topological polar surface area (TPSA) is 105 Å². The molecule has 0 saturated carbocycles. The van der Waals surface area contributed by atoms with E-state index in [1.807, 2.05) is 5.38 Å². The fourth-order valence-corrected chi connectivity index (χ4v) is 2.80. The van der Waals surface area contributed by atoms with Gasteiger partial charge in [0.05, 0.1) is 6.61 Å². The second-order valence-corrected chi connectivity index (χ2v) is 5.89. The zero-order valence-electron chi connectivity index (χ0n) is 12.0. The Morgan fingerprint density at radius 2 is 2.23 bits per heavy atom. The van der Waals surface area contributed by atoms with Gasteiger partial charge < -0.3 is 20.5 Å². The highest BCUT2D eigenvalue weighted by Gasteiger charge is 2.43. The highest BCUT2D eigenvalue weighted by atomic mass is 32.1. The number of nitrogens with one attached hydrogen (secondary N) is 2. The third kappa shape index (κ3) is 4.05. The first kappa shape index (κ1) is 16.4. The van der Waals surface area contributed by atoms with Crippen LogP contribution in [0.25, 0.3) is 0 Å². The molecular weight excluding hydrogens is 308 g/mol. The molecule has 8 heteroatoms. The zero-order chi connectivity index (χ0) is 16.0. The smallest absolute Gasteiger partial charge is 0.331 e. The summed E-state index contributed by atoms with van der Waals surface area (Å²) < 4.78 is 5.07. The van der Waals surface area contributed by atoms with Crippen LogP contribution in [0.2, 0.25) is 0 Å².